The van der Waals surface area contributed by atoms with Gasteiger partial charge in [-0.3, -0.25) is 0 Å². The fourth-order valence-corrected chi connectivity index (χ4v) is 2.34. The van der Waals surface area contributed by atoms with Crippen molar-refractivity contribution in [2.45, 2.75) is 6.18 Å². The number of rotatable bonds is 3. The largest absolute Gasteiger partial charge is 0.497 e. The molecule has 1 unspecified atom stereocenters. The molecule has 1 saturated heterocycles. The SMILES string of the molecule is COc1cc(OC)cc(N2CCNCC(C(F)(F)F)C2)c1. The van der Waals surface area contributed by atoms with Gasteiger partial charge in [0, 0.05) is 50.1 Å². The molecule has 1 fully saturated rings. The molecule has 0 aliphatic carbocycles. The molecule has 1 heterocycles. The second kappa shape index (κ2) is 6.43. The average molecular weight is 304 g/mol. The molecule has 0 amide bonds. The lowest BCUT2D eigenvalue weighted by atomic mass is 10.1. The van der Waals surface area contributed by atoms with Gasteiger partial charge in [-0.25, -0.2) is 0 Å². The number of hydrogen-bond acceptors (Lipinski definition) is 4. The summed E-state index contributed by atoms with van der Waals surface area (Å²) in [4.78, 5) is 1.71. The Morgan fingerprint density at radius 2 is 1.76 bits per heavy atom. The molecule has 1 aromatic rings. The molecule has 7 heteroatoms. The van der Waals surface area contributed by atoms with Crippen molar-refractivity contribution >= 4 is 5.69 Å². The molecule has 1 aromatic carbocycles. The van der Waals surface area contributed by atoms with E-state index >= 15 is 0 Å². The molecule has 1 N–H and O–H groups in total. The van der Waals surface area contributed by atoms with Crippen LogP contribution in [0.15, 0.2) is 18.2 Å². The Labute approximate surface area is 121 Å². The van der Waals surface area contributed by atoms with Crippen LogP contribution in [0.3, 0.4) is 0 Å². The Morgan fingerprint density at radius 1 is 1.14 bits per heavy atom. The van der Waals surface area contributed by atoms with Gasteiger partial charge in [-0.1, -0.05) is 0 Å². The summed E-state index contributed by atoms with van der Waals surface area (Å²) in [6.45, 7) is 0.878. The topological polar surface area (TPSA) is 33.7 Å². The zero-order valence-corrected chi connectivity index (χ0v) is 12.0. The fourth-order valence-electron chi connectivity index (χ4n) is 2.34. The Bertz CT molecular complexity index is 458. The van der Waals surface area contributed by atoms with Gasteiger partial charge in [0.2, 0.25) is 0 Å². The minimum atomic E-state index is -4.21. The van der Waals surface area contributed by atoms with E-state index in [1.807, 2.05) is 0 Å². The van der Waals surface area contributed by atoms with Crippen molar-refractivity contribution in [2.24, 2.45) is 5.92 Å². The lowest BCUT2D eigenvalue weighted by molar-refractivity contribution is -0.169. The van der Waals surface area contributed by atoms with Crippen molar-refractivity contribution in [3.8, 4) is 11.5 Å². The van der Waals surface area contributed by atoms with Crippen molar-refractivity contribution in [1.82, 2.24) is 5.32 Å². The molecule has 0 spiro atoms. The first-order chi connectivity index (χ1) is 9.94. The van der Waals surface area contributed by atoms with E-state index in [2.05, 4.69) is 5.32 Å². The van der Waals surface area contributed by atoms with Crippen LogP contribution in [-0.2, 0) is 0 Å². The van der Waals surface area contributed by atoms with Crippen LogP contribution < -0.4 is 19.7 Å². The van der Waals surface area contributed by atoms with Crippen molar-refractivity contribution < 1.29 is 22.6 Å². The summed E-state index contributed by atoms with van der Waals surface area (Å²) in [5.74, 6) is -0.271. The van der Waals surface area contributed by atoms with Crippen LogP contribution in [0.25, 0.3) is 0 Å². The zero-order chi connectivity index (χ0) is 15.5. The minimum Gasteiger partial charge on any atom is -0.497 e. The highest BCUT2D eigenvalue weighted by atomic mass is 19.4. The van der Waals surface area contributed by atoms with Crippen LogP contribution in [-0.4, -0.2) is 46.6 Å². The Morgan fingerprint density at radius 3 is 2.29 bits per heavy atom. The molecular weight excluding hydrogens is 285 g/mol. The number of nitrogens with one attached hydrogen (secondary N) is 1. The molecule has 0 aromatic heterocycles. The number of benzene rings is 1. The van der Waals surface area contributed by atoms with Crippen LogP contribution in [0, 0.1) is 5.92 Å². The highest BCUT2D eigenvalue weighted by Crippen LogP contribution is 2.32. The van der Waals surface area contributed by atoms with Gasteiger partial charge < -0.3 is 19.7 Å². The minimum absolute atomic E-state index is 0.0545. The Hall–Kier alpha value is -1.63. The number of nitrogens with zero attached hydrogens (tertiary/aromatic N) is 1. The maximum Gasteiger partial charge on any atom is 0.394 e. The predicted octanol–water partition coefficient (Wildman–Crippen LogP) is 2.29. The normalized spacial score (nSPS) is 20.0. The number of ether oxygens (including phenoxy) is 2. The first kappa shape index (κ1) is 15.8. The average Bonchev–Trinajstić information content (AvgIpc) is 2.72. The van der Waals surface area contributed by atoms with Gasteiger partial charge in [0.1, 0.15) is 11.5 Å². The van der Waals surface area contributed by atoms with Crippen molar-refractivity contribution in [1.29, 1.82) is 0 Å². The number of methoxy groups -OCH3 is 2. The highest BCUT2D eigenvalue weighted by Gasteiger charge is 2.41. The van der Waals surface area contributed by atoms with Gasteiger partial charge in [0.05, 0.1) is 20.1 Å². The molecule has 2 rings (SSSR count). The van der Waals surface area contributed by atoms with E-state index in [1.54, 1.807) is 23.1 Å². The van der Waals surface area contributed by atoms with Gasteiger partial charge in [-0.05, 0) is 0 Å². The second-order valence-corrected chi connectivity index (χ2v) is 4.96. The first-order valence-corrected chi connectivity index (χ1v) is 6.69. The molecule has 118 valence electrons. The van der Waals surface area contributed by atoms with E-state index in [0.29, 0.717) is 30.3 Å². The molecule has 1 atom stereocenters. The predicted molar refractivity (Wildman–Crippen MR) is 74.2 cm³/mol. The van der Waals surface area contributed by atoms with Crippen molar-refractivity contribution in [3.05, 3.63) is 18.2 Å². The third-order valence-corrected chi connectivity index (χ3v) is 3.55. The van der Waals surface area contributed by atoms with E-state index in [9.17, 15) is 13.2 Å². The molecule has 1 aliphatic heterocycles. The number of anilines is 1. The van der Waals surface area contributed by atoms with Crippen LogP contribution >= 0.6 is 0 Å². The third kappa shape index (κ3) is 3.93. The highest BCUT2D eigenvalue weighted by molar-refractivity contribution is 5.56. The summed E-state index contributed by atoms with van der Waals surface area (Å²) in [6, 6.07) is 5.14. The second-order valence-electron chi connectivity index (χ2n) is 4.96. The third-order valence-electron chi connectivity index (χ3n) is 3.55. The lowest BCUT2D eigenvalue weighted by Gasteiger charge is -2.27. The molecule has 0 bridgehead atoms. The van der Waals surface area contributed by atoms with Crippen LogP contribution in [0.5, 0.6) is 11.5 Å². The van der Waals surface area contributed by atoms with E-state index in [0.717, 1.165) is 0 Å². The lowest BCUT2D eigenvalue weighted by Crippen LogP contribution is -2.38. The summed E-state index contributed by atoms with van der Waals surface area (Å²) < 4.78 is 49.3. The van der Waals surface area contributed by atoms with Crippen molar-refractivity contribution in [2.75, 3.05) is 45.3 Å². The van der Waals surface area contributed by atoms with Gasteiger partial charge in [0.25, 0.3) is 0 Å². The maximum absolute atomic E-state index is 13.0. The molecule has 4 nitrogen and oxygen atoms in total. The Balaban J connectivity index is 2.26. The van der Waals surface area contributed by atoms with Crippen LogP contribution in [0.4, 0.5) is 18.9 Å². The van der Waals surface area contributed by atoms with Crippen molar-refractivity contribution in [3.63, 3.8) is 0 Å². The van der Waals surface area contributed by atoms with Crippen LogP contribution in [0.1, 0.15) is 0 Å². The number of alkyl halides is 3. The number of hydrogen-bond donors (Lipinski definition) is 1. The van der Waals surface area contributed by atoms with Crippen LogP contribution in [0.2, 0.25) is 0 Å². The Kier molecular flexibility index (Phi) is 4.82. The summed E-state index contributed by atoms with van der Waals surface area (Å²) in [6.07, 6.45) is -4.21. The number of halogens is 3. The monoisotopic (exact) mass is 304 g/mol. The van der Waals surface area contributed by atoms with Gasteiger partial charge in [-0.2, -0.15) is 13.2 Å². The summed E-state index contributed by atoms with van der Waals surface area (Å²) >= 11 is 0. The first-order valence-electron chi connectivity index (χ1n) is 6.69. The van der Waals surface area contributed by atoms with Gasteiger partial charge in [0.15, 0.2) is 0 Å². The summed E-state index contributed by atoms with van der Waals surface area (Å²) in [5.41, 5.74) is 0.671. The van der Waals surface area contributed by atoms with E-state index in [4.69, 9.17) is 9.47 Å². The molecular formula is C14H19F3N2O2. The maximum atomic E-state index is 13.0. The molecule has 0 saturated carbocycles. The zero-order valence-electron chi connectivity index (χ0n) is 12.0. The fraction of sp³-hybridized carbons (Fsp3) is 0.571. The molecule has 21 heavy (non-hydrogen) atoms. The molecule has 1 aliphatic rings. The summed E-state index contributed by atoms with van der Waals surface area (Å²) in [5, 5.41) is 2.84. The van der Waals surface area contributed by atoms with Gasteiger partial charge in [-0.15, -0.1) is 0 Å². The quantitative estimate of drug-likeness (QED) is 0.929. The molecule has 0 radical (unpaired) electrons. The van der Waals surface area contributed by atoms with E-state index in [1.165, 1.54) is 14.2 Å². The van der Waals surface area contributed by atoms with E-state index < -0.39 is 12.1 Å². The standard InChI is InChI=1S/C14H19F3N2O2/c1-20-12-5-11(6-13(7-12)21-2)19-4-3-18-8-10(9-19)14(15,16)17/h5-7,10,18H,3-4,8-9H2,1-2H3. The van der Waals surface area contributed by atoms with E-state index in [-0.39, 0.29) is 13.1 Å². The van der Waals surface area contributed by atoms with Gasteiger partial charge >= 0.3 is 6.18 Å². The summed E-state index contributed by atoms with van der Waals surface area (Å²) in [7, 11) is 3.03. The smallest absolute Gasteiger partial charge is 0.394 e.